The van der Waals surface area contributed by atoms with Crippen LogP contribution in [0, 0.1) is 0 Å². The molecule has 0 bridgehead atoms. The first kappa shape index (κ1) is 20.0. The standard InChI is InChI=1S/C19H22N4O4S/c1-4-22-9-8-14(21-22)17(24)20-19-23(10-11-27-5-2)15-7-6-13(18(25)26-3)12-16(15)28-19/h6-9,12H,4-5,10-11H2,1-3H3. The predicted molar refractivity (Wildman–Crippen MR) is 105 cm³/mol. The molecule has 1 aromatic carbocycles. The number of hydrogen-bond donors (Lipinski definition) is 0. The maximum atomic E-state index is 12.6. The van der Waals surface area contributed by atoms with Gasteiger partial charge in [-0.05, 0) is 38.1 Å². The molecule has 0 spiro atoms. The largest absolute Gasteiger partial charge is 0.465 e. The minimum absolute atomic E-state index is 0.297. The van der Waals surface area contributed by atoms with E-state index in [-0.39, 0.29) is 0 Å². The summed E-state index contributed by atoms with van der Waals surface area (Å²) in [5.41, 5.74) is 1.63. The van der Waals surface area contributed by atoms with Gasteiger partial charge in [-0.15, -0.1) is 0 Å². The number of rotatable bonds is 7. The smallest absolute Gasteiger partial charge is 0.337 e. The summed E-state index contributed by atoms with van der Waals surface area (Å²) >= 11 is 1.34. The highest BCUT2D eigenvalue weighted by atomic mass is 32.1. The molecule has 0 saturated heterocycles. The molecule has 0 aliphatic rings. The molecular weight excluding hydrogens is 380 g/mol. The quantitative estimate of drug-likeness (QED) is 0.448. The average Bonchev–Trinajstić information content (AvgIpc) is 3.32. The van der Waals surface area contributed by atoms with E-state index in [2.05, 4.69) is 10.1 Å². The Morgan fingerprint density at radius 1 is 1.25 bits per heavy atom. The van der Waals surface area contributed by atoms with Crippen LogP contribution < -0.4 is 4.80 Å². The fourth-order valence-electron chi connectivity index (χ4n) is 2.72. The van der Waals surface area contributed by atoms with Crippen LogP contribution in [-0.2, 0) is 22.6 Å². The number of methoxy groups -OCH3 is 1. The van der Waals surface area contributed by atoms with E-state index in [1.54, 1.807) is 29.1 Å². The summed E-state index contributed by atoms with van der Waals surface area (Å²) in [4.78, 5) is 29.2. The fraction of sp³-hybridized carbons (Fsp3) is 0.368. The molecule has 3 rings (SSSR count). The topological polar surface area (TPSA) is 87.7 Å². The minimum Gasteiger partial charge on any atom is -0.465 e. The van der Waals surface area contributed by atoms with E-state index in [4.69, 9.17) is 9.47 Å². The van der Waals surface area contributed by atoms with Crippen LogP contribution in [-0.4, -0.2) is 46.5 Å². The summed E-state index contributed by atoms with van der Waals surface area (Å²) in [7, 11) is 1.35. The van der Waals surface area contributed by atoms with Crippen LogP contribution in [0.25, 0.3) is 10.2 Å². The van der Waals surface area contributed by atoms with Crippen LogP contribution in [0.2, 0.25) is 0 Å². The molecule has 3 aromatic rings. The van der Waals surface area contributed by atoms with Crippen molar-refractivity contribution in [2.24, 2.45) is 4.99 Å². The van der Waals surface area contributed by atoms with Crippen molar-refractivity contribution in [3.8, 4) is 0 Å². The van der Waals surface area contributed by atoms with E-state index in [1.165, 1.54) is 18.4 Å². The molecule has 0 atom stereocenters. The van der Waals surface area contributed by atoms with E-state index >= 15 is 0 Å². The SMILES string of the molecule is CCOCCn1c(=NC(=O)c2ccn(CC)n2)sc2cc(C(=O)OC)ccc21. The number of amides is 1. The number of benzene rings is 1. The lowest BCUT2D eigenvalue weighted by molar-refractivity contribution is 0.0600. The highest BCUT2D eigenvalue weighted by Gasteiger charge is 2.13. The normalized spacial score (nSPS) is 11.9. The van der Waals surface area contributed by atoms with Gasteiger partial charge in [-0.2, -0.15) is 10.1 Å². The van der Waals surface area contributed by atoms with Crippen LogP contribution in [0.15, 0.2) is 35.5 Å². The van der Waals surface area contributed by atoms with E-state index < -0.39 is 11.9 Å². The average molecular weight is 402 g/mol. The molecule has 0 saturated carbocycles. The molecule has 0 unspecified atom stereocenters. The van der Waals surface area contributed by atoms with Crippen molar-refractivity contribution in [2.75, 3.05) is 20.3 Å². The zero-order valence-electron chi connectivity index (χ0n) is 16.0. The predicted octanol–water partition coefficient (Wildman–Crippen LogP) is 2.48. The minimum atomic E-state index is -0.407. The number of hydrogen-bond acceptors (Lipinski definition) is 6. The molecule has 148 valence electrons. The van der Waals surface area contributed by atoms with Gasteiger partial charge in [0.2, 0.25) is 0 Å². The van der Waals surface area contributed by atoms with E-state index in [0.717, 1.165) is 10.2 Å². The second kappa shape index (κ2) is 8.94. The van der Waals surface area contributed by atoms with E-state index in [9.17, 15) is 9.59 Å². The van der Waals surface area contributed by atoms with Gasteiger partial charge in [0.15, 0.2) is 10.5 Å². The van der Waals surface area contributed by atoms with Crippen molar-refractivity contribution in [2.45, 2.75) is 26.9 Å². The molecular formula is C19H22N4O4S. The van der Waals surface area contributed by atoms with Crippen molar-refractivity contribution in [1.82, 2.24) is 14.3 Å². The van der Waals surface area contributed by atoms with Crippen molar-refractivity contribution < 1.29 is 19.1 Å². The number of aryl methyl sites for hydroxylation is 1. The van der Waals surface area contributed by atoms with Crippen LogP contribution in [0.5, 0.6) is 0 Å². The van der Waals surface area contributed by atoms with Crippen LogP contribution in [0.1, 0.15) is 34.7 Å². The summed E-state index contributed by atoms with van der Waals surface area (Å²) in [5, 5.41) is 4.22. The summed E-state index contributed by atoms with van der Waals surface area (Å²) in [5.74, 6) is -0.812. The first-order valence-corrected chi connectivity index (χ1v) is 9.81. The van der Waals surface area contributed by atoms with Crippen molar-refractivity contribution in [3.63, 3.8) is 0 Å². The highest BCUT2D eigenvalue weighted by Crippen LogP contribution is 2.20. The molecule has 0 aliphatic heterocycles. The Labute approximate surface area is 166 Å². The molecule has 0 aliphatic carbocycles. The van der Waals surface area contributed by atoms with Crippen LogP contribution in [0.4, 0.5) is 0 Å². The second-order valence-electron chi connectivity index (χ2n) is 5.88. The third-order valence-electron chi connectivity index (χ3n) is 4.15. The lowest BCUT2D eigenvalue weighted by atomic mass is 10.2. The van der Waals surface area contributed by atoms with Gasteiger partial charge in [0.25, 0.3) is 5.91 Å². The zero-order valence-corrected chi connectivity index (χ0v) is 16.9. The molecule has 0 N–H and O–H groups in total. The maximum Gasteiger partial charge on any atom is 0.337 e. The van der Waals surface area contributed by atoms with Gasteiger partial charge in [-0.3, -0.25) is 9.48 Å². The molecule has 0 fully saturated rings. The molecule has 0 radical (unpaired) electrons. The number of fused-ring (bicyclic) bond motifs is 1. The number of esters is 1. The van der Waals surface area contributed by atoms with Gasteiger partial charge in [0, 0.05) is 25.9 Å². The van der Waals surface area contributed by atoms with Crippen molar-refractivity contribution in [1.29, 1.82) is 0 Å². The lowest BCUT2D eigenvalue weighted by Gasteiger charge is -2.06. The Balaban J connectivity index is 2.06. The number of thiazole rings is 1. The Bertz CT molecular complexity index is 1060. The first-order valence-electron chi connectivity index (χ1n) is 8.99. The summed E-state index contributed by atoms with van der Waals surface area (Å²) in [6.07, 6.45) is 1.75. The summed E-state index contributed by atoms with van der Waals surface area (Å²) < 4.78 is 14.7. The monoisotopic (exact) mass is 402 g/mol. The third kappa shape index (κ3) is 4.20. The molecule has 1 amide bonds. The third-order valence-corrected chi connectivity index (χ3v) is 5.19. The number of aromatic nitrogens is 3. The maximum absolute atomic E-state index is 12.6. The van der Waals surface area contributed by atoms with Crippen molar-refractivity contribution >= 4 is 33.4 Å². The van der Waals surface area contributed by atoms with Crippen LogP contribution >= 0.6 is 11.3 Å². The van der Waals surface area contributed by atoms with Crippen molar-refractivity contribution in [3.05, 3.63) is 46.5 Å². The molecule has 28 heavy (non-hydrogen) atoms. The molecule has 8 nitrogen and oxygen atoms in total. The van der Waals surface area contributed by atoms with Gasteiger partial charge in [-0.25, -0.2) is 4.79 Å². The lowest BCUT2D eigenvalue weighted by Crippen LogP contribution is -2.20. The molecule has 2 heterocycles. The van der Waals surface area contributed by atoms with Gasteiger partial charge in [-0.1, -0.05) is 11.3 Å². The van der Waals surface area contributed by atoms with Crippen LogP contribution in [0.3, 0.4) is 0 Å². The number of nitrogens with zero attached hydrogens (tertiary/aromatic N) is 4. The summed E-state index contributed by atoms with van der Waals surface area (Å²) in [6, 6.07) is 6.94. The molecule has 9 heteroatoms. The Hall–Kier alpha value is -2.78. The number of carbonyl (C=O) groups is 2. The zero-order chi connectivity index (χ0) is 20.1. The first-order chi connectivity index (χ1) is 13.6. The number of ether oxygens (including phenoxy) is 2. The van der Waals surface area contributed by atoms with Gasteiger partial charge >= 0.3 is 5.97 Å². The van der Waals surface area contributed by atoms with Gasteiger partial charge in [0.1, 0.15) is 0 Å². The van der Waals surface area contributed by atoms with Gasteiger partial charge < -0.3 is 14.0 Å². The highest BCUT2D eigenvalue weighted by molar-refractivity contribution is 7.16. The van der Waals surface area contributed by atoms with E-state index in [1.807, 2.05) is 24.5 Å². The van der Waals surface area contributed by atoms with Gasteiger partial charge in [0.05, 0.1) is 29.5 Å². The Morgan fingerprint density at radius 2 is 2.07 bits per heavy atom. The van der Waals surface area contributed by atoms with E-state index in [0.29, 0.717) is 42.4 Å². The molecule has 2 aromatic heterocycles. The fourth-order valence-corrected chi connectivity index (χ4v) is 3.81. The Morgan fingerprint density at radius 3 is 2.75 bits per heavy atom. The number of carbonyl (C=O) groups excluding carboxylic acids is 2. The second-order valence-corrected chi connectivity index (χ2v) is 6.89. The summed E-state index contributed by atoms with van der Waals surface area (Å²) in [6.45, 7) is 6.20. The Kier molecular flexibility index (Phi) is 6.37.